The minimum Gasteiger partial charge on any atom is -0.371 e. The predicted molar refractivity (Wildman–Crippen MR) is 72.4 cm³/mol. The van der Waals surface area contributed by atoms with E-state index in [1.807, 2.05) is 6.07 Å². The summed E-state index contributed by atoms with van der Waals surface area (Å²) in [5.41, 5.74) is 2.22. The average molecular weight is 260 g/mol. The normalized spacial score (nSPS) is 18.6. The van der Waals surface area contributed by atoms with E-state index in [2.05, 4.69) is 15.2 Å². The van der Waals surface area contributed by atoms with Crippen LogP contribution >= 0.6 is 0 Å². The lowest BCUT2D eigenvalue weighted by Gasteiger charge is -2.28. The van der Waals surface area contributed by atoms with Crippen LogP contribution in [0.4, 0.5) is 5.69 Å². The molecule has 0 amide bonds. The molecule has 6 nitrogen and oxygen atoms in total. The molecular weight excluding hydrogens is 244 g/mol. The van der Waals surface area contributed by atoms with Gasteiger partial charge in [-0.1, -0.05) is 12.1 Å². The molecule has 2 aliphatic rings. The van der Waals surface area contributed by atoms with Crippen molar-refractivity contribution in [2.45, 2.75) is 13.0 Å². The van der Waals surface area contributed by atoms with Crippen molar-refractivity contribution in [2.24, 2.45) is 4.99 Å². The van der Waals surface area contributed by atoms with E-state index < -0.39 is 0 Å². The van der Waals surface area contributed by atoms with Gasteiger partial charge in [0.1, 0.15) is 5.84 Å². The Morgan fingerprint density at radius 1 is 1.47 bits per heavy atom. The summed E-state index contributed by atoms with van der Waals surface area (Å²) in [6, 6.07) is 5.35. The molecule has 0 radical (unpaired) electrons. The van der Waals surface area contributed by atoms with Gasteiger partial charge in [-0.2, -0.15) is 0 Å². The van der Waals surface area contributed by atoms with Crippen molar-refractivity contribution in [1.29, 1.82) is 0 Å². The van der Waals surface area contributed by atoms with Gasteiger partial charge in [-0.05, 0) is 12.0 Å². The molecule has 0 saturated carbocycles. The molecule has 0 bridgehead atoms. The van der Waals surface area contributed by atoms with Gasteiger partial charge in [-0.15, -0.1) is 0 Å². The van der Waals surface area contributed by atoms with Crippen LogP contribution < -0.4 is 5.32 Å². The van der Waals surface area contributed by atoms with Gasteiger partial charge in [-0.3, -0.25) is 20.0 Å². The van der Waals surface area contributed by atoms with Crippen LogP contribution in [0.15, 0.2) is 23.2 Å². The number of benzene rings is 1. The van der Waals surface area contributed by atoms with Gasteiger partial charge >= 0.3 is 0 Å². The molecule has 0 saturated heterocycles. The smallest absolute Gasteiger partial charge is 0.272 e. The van der Waals surface area contributed by atoms with Crippen LogP contribution in [-0.4, -0.2) is 41.8 Å². The quantitative estimate of drug-likeness (QED) is 0.649. The summed E-state index contributed by atoms with van der Waals surface area (Å²) in [7, 11) is 0. The highest BCUT2D eigenvalue weighted by Gasteiger charge is 2.24. The molecule has 100 valence electrons. The van der Waals surface area contributed by atoms with Crippen LogP contribution in [0.25, 0.3) is 0 Å². The largest absolute Gasteiger partial charge is 0.371 e. The van der Waals surface area contributed by atoms with E-state index in [9.17, 15) is 10.1 Å². The van der Waals surface area contributed by atoms with Crippen molar-refractivity contribution in [2.75, 3.05) is 26.2 Å². The minimum absolute atomic E-state index is 0.258. The van der Waals surface area contributed by atoms with Crippen LogP contribution in [0.5, 0.6) is 0 Å². The maximum atomic E-state index is 11.0. The Labute approximate surface area is 111 Å². The molecule has 2 aliphatic heterocycles. The third kappa shape index (κ3) is 2.44. The highest BCUT2D eigenvalue weighted by Crippen LogP contribution is 2.27. The molecule has 0 fully saturated rings. The van der Waals surface area contributed by atoms with Gasteiger partial charge in [0.05, 0.1) is 18.0 Å². The molecule has 0 unspecified atom stereocenters. The Morgan fingerprint density at radius 2 is 2.37 bits per heavy atom. The summed E-state index contributed by atoms with van der Waals surface area (Å²) in [6.07, 6.45) is 0.736. The van der Waals surface area contributed by atoms with E-state index in [1.165, 1.54) is 0 Å². The summed E-state index contributed by atoms with van der Waals surface area (Å²) in [5, 5.41) is 14.3. The Bertz CT molecular complexity index is 541. The van der Waals surface area contributed by atoms with E-state index in [-0.39, 0.29) is 10.6 Å². The number of fused-ring (bicyclic) bond motifs is 1. The minimum atomic E-state index is -0.281. The number of nitrogens with one attached hydrogen (secondary N) is 1. The lowest BCUT2D eigenvalue weighted by Crippen LogP contribution is -2.38. The first-order valence-corrected chi connectivity index (χ1v) is 6.49. The third-order valence-corrected chi connectivity index (χ3v) is 3.63. The molecule has 6 heteroatoms. The van der Waals surface area contributed by atoms with Gasteiger partial charge in [0.15, 0.2) is 0 Å². The fourth-order valence-electron chi connectivity index (χ4n) is 2.72. The molecule has 3 rings (SSSR count). The second-order valence-electron chi connectivity index (χ2n) is 4.89. The van der Waals surface area contributed by atoms with Crippen LogP contribution in [0.1, 0.15) is 11.1 Å². The van der Waals surface area contributed by atoms with E-state index in [4.69, 9.17) is 0 Å². The second-order valence-corrected chi connectivity index (χ2v) is 4.89. The topological polar surface area (TPSA) is 70.8 Å². The first kappa shape index (κ1) is 12.1. The lowest BCUT2D eigenvalue weighted by atomic mass is 9.98. The van der Waals surface area contributed by atoms with E-state index in [0.29, 0.717) is 0 Å². The summed E-state index contributed by atoms with van der Waals surface area (Å²) >= 11 is 0. The molecule has 1 aromatic carbocycles. The highest BCUT2D eigenvalue weighted by molar-refractivity contribution is 5.85. The van der Waals surface area contributed by atoms with Gasteiger partial charge in [0, 0.05) is 31.3 Å². The monoisotopic (exact) mass is 260 g/mol. The molecule has 0 spiro atoms. The average Bonchev–Trinajstić information content (AvgIpc) is 2.90. The van der Waals surface area contributed by atoms with Gasteiger partial charge in [0.25, 0.3) is 5.69 Å². The zero-order valence-electron chi connectivity index (χ0n) is 10.6. The first-order valence-electron chi connectivity index (χ1n) is 6.49. The van der Waals surface area contributed by atoms with Crippen molar-refractivity contribution in [3.8, 4) is 0 Å². The van der Waals surface area contributed by atoms with Gasteiger partial charge in [-0.25, -0.2) is 0 Å². The summed E-state index contributed by atoms with van der Waals surface area (Å²) in [6.45, 7) is 4.19. The van der Waals surface area contributed by atoms with Gasteiger partial charge in [0.2, 0.25) is 0 Å². The fourth-order valence-corrected chi connectivity index (χ4v) is 2.72. The molecule has 1 aromatic rings. The fraction of sp³-hybridized carbons (Fsp3) is 0.462. The van der Waals surface area contributed by atoms with Crippen molar-refractivity contribution in [3.63, 3.8) is 0 Å². The molecule has 0 atom stereocenters. The standard InChI is InChI=1S/C13H16N4O2/c18-17(19)12-3-1-2-10-8-16(7-4-11(10)12)9-13-14-5-6-15-13/h1-3H,4-9H2,(H,14,15). The van der Waals surface area contributed by atoms with E-state index in [0.717, 1.165) is 56.1 Å². The number of nitro groups is 1. The van der Waals surface area contributed by atoms with Crippen molar-refractivity contribution in [1.82, 2.24) is 10.2 Å². The predicted octanol–water partition coefficient (Wildman–Crippen LogP) is 0.955. The Kier molecular flexibility index (Phi) is 3.16. The second kappa shape index (κ2) is 4.97. The number of rotatable bonds is 3. The molecular formula is C13H16N4O2. The van der Waals surface area contributed by atoms with Crippen LogP contribution in [0.3, 0.4) is 0 Å². The zero-order chi connectivity index (χ0) is 13.2. The molecule has 19 heavy (non-hydrogen) atoms. The first-order chi connectivity index (χ1) is 9.24. The molecule has 1 N–H and O–H groups in total. The number of aliphatic imine (C=N–C) groups is 1. The van der Waals surface area contributed by atoms with Crippen molar-refractivity contribution >= 4 is 11.5 Å². The number of hydrogen-bond acceptors (Lipinski definition) is 5. The van der Waals surface area contributed by atoms with E-state index >= 15 is 0 Å². The summed E-state index contributed by atoms with van der Waals surface area (Å²) < 4.78 is 0. The number of nitro benzene ring substituents is 1. The Hall–Kier alpha value is -1.95. The number of amidine groups is 1. The molecule has 2 heterocycles. The van der Waals surface area contributed by atoms with Gasteiger partial charge < -0.3 is 5.32 Å². The van der Waals surface area contributed by atoms with Crippen LogP contribution in [-0.2, 0) is 13.0 Å². The number of nitrogens with zero attached hydrogens (tertiary/aromatic N) is 3. The zero-order valence-corrected chi connectivity index (χ0v) is 10.6. The Balaban J connectivity index is 1.77. The van der Waals surface area contributed by atoms with E-state index in [1.54, 1.807) is 12.1 Å². The maximum absolute atomic E-state index is 11.0. The molecule has 0 aliphatic carbocycles. The third-order valence-electron chi connectivity index (χ3n) is 3.63. The highest BCUT2D eigenvalue weighted by atomic mass is 16.6. The Morgan fingerprint density at radius 3 is 3.11 bits per heavy atom. The summed E-state index contributed by atoms with van der Waals surface area (Å²) in [5.74, 6) is 1.04. The molecule has 0 aromatic heterocycles. The van der Waals surface area contributed by atoms with Crippen molar-refractivity contribution in [3.05, 3.63) is 39.4 Å². The lowest BCUT2D eigenvalue weighted by molar-refractivity contribution is -0.385. The van der Waals surface area contributed by atoms with Crippen LogP contribution in [0, 0.1) is 10.1 Å². The maximum Gasteiger partial charge on any atom is 0.272 e. The van der Waals surface area contributed by atoms with Crippen molar-refractivity contribution < 1.29 is 4.92 Å². The number of hydrogen-bond donors (Lipinski definition) is 1. The summed E-state index contributed by atoms with van der Waals surface area (Å²) in [4.78, 5) is 17.4. The SMILES string of the molecule is O=[N+]([O-])c1cccc2c1CCN(CC1=NCCN1)C2. The van der Waals surface area contributed by atoms with Crippen LogP contribution in [0.2, 0.25) is 0 Å².